The number of anilines is 1. The summed E-state index contributed by atoms with van der Waals surface area (Å²) in [5.41, 5.74) is 2.67. The van der Waals surface area contributed by atoms with Gasteiger partial charge in [0, 0.05) is 11.5 Å². The first-order valence-corrected chi connectivity index (χ1v) is 7.52. The van der Waals surface area contributed by atoms with E-state index in [4.69, 9.17) is 11.6 Å². The largest absolute Gasteiger partial charge is 0.376 e. The molecule has 6 heteroatoms. The number of halogens is 3. The molecule has 0 radical (unpaired) electrons. The molecular weight excluding hydrogens is 357 g/mol. The number of nitrogens with zero attached hydrogens (tertiary/aromatic N) is 2. The summed E-state index contributed by atoms with van der Waals surface area (Å²) in [6.45, 7) is 0.495. The van der Waals surface area contributed by atoms with Crippen molar-refractivity contribution in [3.05, 3.63) is 57.5 Å². The number of aromatic nitrogens is 2. The van der Waals surface area contributed by atoms with Crippen molar-refractivity contribution in [3.8, 4) is 0 Å². The Bertz CT molecular complexity index is 793. The number of nitrogens with one attached hydrogen (secondary N) is 1. The second-order valence-corrected chi connectivity index (χ2v) is 5.94. The van der Waals surface area contributed by atoms with E-state index in [-0.39, 0.29) is 5.82 Å². The molecular formula is C15H12BrClFN3. The van der Waals surface area contributed by atoms with Crippen molar-refractivity contribution in [2.24, 2.45) is 7.05 Å². The Morgan fingerprint density at radius 3 is 2.81 bits per heavy atom. The molecule has 0 unspecified atom stereocenters. The van der Waals surface area contributed by atoms with Crippen LogP contribution in [0.4, 0.5) is 10.1 Å². The van der Waals surface area contributed by atoms with Crippen molar-refractivity contribution in [1.82, 2.24) is 9.55 Å². The molecule has 21 heavy (non-hydrogen) atoms. The van der Waals surface area contributed by atoms with Gasteiger partial charge < -0.3 is 9.88 Å². The molecule has 0 saturated heterocycles. The van der Waals surface area contributed by atoms with Crippen molar-refractivity contribution < 1.29 is 4.39 Å². The third kappa shape index (κ3) is 2.76. The number of para-hydroxylation sites is 2. The Morgan fingerprint density at radius 1 is 1.33 bits per heavy atom. The highest BCUT2D eigenvalue weighted by molar-refractivity contribution is 9.10. The average Bonchev–Trinajstić information content (AvgIpc) is 2.75. The molecule has 0 aliphatic rings. The SMILES string of the molecule is Cn1c(CNc2c(Cl)cc(F)cc2Br)nc2ccccc21. The third-order valence-corrected chi connectivity index (χ3v) is 4.23. The molecule has 3 aromatic rings. The molecule has 1 aromatic heterocycles. The van der Waals surface area contributed by atoms with Crippen molar-refractivity contribution in [3.63, 3.8) is 0 Å². The second kappa shape index (κ2) is 5.66. The van der Waals surface area contributed by atoms with E-state index in [0.717, 1.165) is 16.9 Å². The molecule has 1 heterocycles. The summed E-state index contributed by atoms with van der Waals surface area (Å²) in [5.74, 6) is 0.503. The number of fused-ring (bicyclic) bond motifs is 1. The van der Waals surface area contributed by atoms with Crippen LogP contribution in [-0.2, 0) is 13.6 Å². The summed E-state index contributed by atoms with van der Waals surface area (Å²) in [5, 5.41) is 3.53. The smallest absolute Gasteiger partial charge is 0.128 e. The van der Waals surface area contributed by atoms with Crippen LogP contribution in [-0.4, -0.2) is 9.55 Å². The van der Waals surface area contributed by atoms with E-state index in [1.165, 1.54) is 12.1 Å². The normalized spacial score (nSPS) is 11.0. The van der Waals surface area contributed by atoms with Gasteiger partial charge in [-0.25, -0.2) is 9.37 Å². The Labute approximate surface area is 134 Å². The monoisotopic (exact) mass is 367 g/mol. The standard InChI is InChI=1S/C15H12BrClFN3/c1-21-13-5-3-2-4-12(13)20-14(21)8-19-15-10(16)6-9(18)7-11(15)17/h2-7,19H,8H2,1H3. The summed E-state index contributed by atoms with van der Waals surface area (Å²) in [7, 11) is 1.97. The van der Waals surface area contributed by atoms with Crippen LogP contribution in [0.1, 0.15) is 5.82 Å². The van der Waals surface area contributed by atoms with Crippen LogP contribution in [0.25, 0.3) is 11.0 Å². The van der Waals surface area contributed by atoms with Gasteiger partial charge in [-0.15, -0.1) is 0 Å². The molecule has 1 N–H and O–H groups in total. The summed E-state index contributed by atoms with van der Waals surface area (Å²) in [4.78, 5) is 4.57. The molecule has 3 nitrogen and oxygen atoms in total. The average molecular weight is 369 g/mol. The van der Waals surface area contributed by atoms with E-state index < -0.39 is 0 Å². The Morgan fingerprint density at radius 2 is 2.10 bits per heavy atom. The minimum atomic E-state index is -0.375. The minimum Gasteiger partial charge on any atom is -0.376 e. The Kier molecular flexibility index (Phi) is 3.87. The summed E-state index contributed by atoms with van der Waals surface area (Å²) >= 11 is 9.37. The van der Waals surface area contributed by atoms with E-state index in [1.807, 2.05) is 35.9 Å². The van der Waals surface area contributed by atoms with Gasteiger partial charge in [-0.3, -0.25) is 0 Å². The van der Waals surface area contributed by atoms with Crippen LogP contribution in [0.2, 0.25) is 5.02 Å². The van der Waals surface area contributed by atoms with Crippen molar-refractivity contribution >= 4 is 44.3 Å². The highest BCUT2D eigenvalue weighted by Gasteiger charge is 2.11. The zero-order chi connectivity index (χ0) is 15.0. The van der Waals surface area contributed by atoms with E-state index >= 15 is 0 Å². The lowest BCUT2D eigenvalue weighted by molar-refractivity contribution is 0.627. The number of rotatable bonds is 3. The van der Waals surface area contributed by atoms with Gasteiger partial charge in [-0.2, -0.15) is 0 Å². The molecule has 0 aliphatic heterocycles. The molecule has 3 rings (SSSR count). The van der Waals surface area contributed by atoms with E-state index in [1.54, 1.807) is 0 Å². The first kappa shape index (κ1) is 14.4. The maximum Gasteiger partial charge on any atom is 0.128 e. The van der Waals surface area contributed by atoms with Gasteiger partial charge in [-0.1, -0.05) is 23.7 Å². The molecule has 0 spiro atoms. The van der Waals surface area contributed by atoms with E-state index in [0.29, 0.717) is 21.7 Å². The zero-order valence-electron chi connectivity index (χ0n) is 11.2. The number of aryl methyl sites for hydroxylation is 1. The van der Waals surface area contributed by atoms with Gasteiger partial charge in [0.15, 0.2) is 0 Å². The fourth-order valence-corrected chi connectivity index (χ4v) is 3.19. The van der Waals surface area contributed by atoms with Crippen molar-refractivity contribution in [2.45, 2.75) is 6.54 Å². The van der Waals surface area contributed by atoms with Gasteiger partial charge in [0.2, 0.25) is 0 Å². The Hall–Kier alpha value is -1.59. The zero-order valence-corrected chi connectivity index (χ0v) is 13.5. The predicted octanol–water partition coefficient (Wildman–Crippen LogP) is 4.74. The number of hydrogen-bond donors (Lipinski definition) is 1. The highest BCUT2D eigenvalue weighted by Crippen LogP contribution is 2.32. The summed E-state index contributed by atoms with van der Waals surface area (Å²) in [6, 6.07) is 10.6. The topological polar surface area (TPSA) is 29.9 Å². The quantitative estimate of drug-likeness (QED) is 0.723. The molecule has 0 fully saturated rings. The molecule has 108 valence electrons. The first-order chi connectivity index (χ1) is 10.1. The molecule has 0 bridgehead atoms. The first-order valence-electron chi connectivity index (χ1n) is 6.35. The number of benzene rings is 2. The van der Waals surface area contributed by atoms with Crippen LogP contribution >= 0.6 is 27.5 Å². The lowest BCUT2D eigenvalue weighted by Gasteiger charge is -2.10. The van der Waals surface area contributed by atoms with Crippen LogP contribution in [0.3, 0.4) is 0 Å². The van der Waals surface area contributed by atoms with Gasteiger partial charge in [0.05, 0.1) is 28.3 Å². The minimum absolute atomic E-state index is 0.334. The van der Waals surface area contributed by atoms with E-state index in [9.17, 15) is 4.39 Å². The molecule has 0 saturated carbocycles. The Balaban J connectivity index is 1.89. The van der Waals surface area contributed by atoms with Crippen LogP contribution in [0.15, 0.2) is 40.9 Å². The lowest BCUT2D eigenvalue weighted by Crippen LogP contribution is -2.06. The van der Waals surface area contributed by atoms with Crippen molar-refractivity contribution in [1.29, 1.82) is 0 Å². The van der Waals surface area contributed by atoms with E-state index in [2.05, 4.69) is 26.2 Å². The van der Waals surface area contributed by atoms with Gasteiger partial charge in [0.25, 0.3) is 0 Å². The number of hydrogen-bond acceptors (Lipinski definition) is 2. The third-order valence-electron chi connectivity index (χ3n) is 3.31. The lowest BCUT2D eigenvalue weighted by atomic mass is 10.3. The van der Waals surface area contributed by atoms with Crippen molar-refractivity contribution in [2.75, 3.05) is 5.32 Å². The van der Waals surface area contributed by atoms with Gasteiger partial charge in [0.1, 0.15) is 11.6 Å². The highest BCUT2D eigenvalue weighted by atomic mass is 79.9. The van der Waals surface area contributed by atoms with Gasteiger partial charge >= 0.3 is 0 Å². The van der Waals surface area contributed by atoms with Crippen LogP contribution in [0, 0.1) is 5.82 Å². The van der Waals surface area contributed by atoms with Crippen LogP contribution < -0.4 is 5.32 Å². The molecule has 0 amide bonds. The second-order valence-electron chi connectivity index (χ2n) is 4.67. The summed E-state index contributed by atoms with van der Waals surface area (Å²) in [6.07, 6.45) is 0. The van der Waals surface area contributed by atoms with Crippen LogP contribution in [0.5, 0.6) is 0 Å². The molecule has 0 aliphatic carbocycles. The molecule has 0 atom stereocenters. The summed E-state index contributed by atoms with van der Waals surface area (Å²) < 4.78 is 15.8. The maximum absolute atomic E-state index is 13.2. The fraction of sp³-hybridized carbons (Fsp3) is 0.133. The fourth-order valence-electron chi connectivity index (χ4n) is 2.23. The maximum atomic E-state index is 13.2. The molecule has 2 aromatic carbocycles. The number of imidazole rings is 1. The predicted molar refractivity (Wildman–Crippen MR) is 87.2 cm³/mol. The van der Waals surface area contributed by atoms with Gasteiger partial charge in [-0.05, 0) is 40.2 Å².